The van der Waals surface area contributed by atoms with Gasteiger partial charge >= 0.3 is 0 Å². The van der Waals surface area contributed by atoms with Gasteiger partial charge in [-0.2, -0.15) is 0 Å². The Labute approximate surface area is 210 Å². The summed E-state index contributed by atoms with van der Waals surface area (Å²) in [6, 6.07) is 47.6. The van der Waals surface area contributed by atoms with Gasteiger partial charge in [-0.05, 0) is 69.4 Å². The van der Waals surface area contributed by atoms with Crippen LogP contribution in [0.15, 0.2) is 146 Å². The molecule has 0 unspecified atom stereocenters. The van der Waals surface area contributed by atoms with Crippen molar-refractivity contribution in [2.24, 2.45) is 0 Å². The third-order valence-corrected chi connectivity index (χ3v) is 7.00. The lowest BCUT2D eigenvalue weighted by atomic mass is 10.0. The number of aromatic nitrogens is 2. The van der Waals surface area contributed by atoms with Gasteiger partial charge in [-0.25, -0.2) is 0 Å². The van der Waals surface area contributed by atoms with E-state index < -0.39 is 0 Å². The summed E-state index contributed by atoms with van der Waals surface area (Å²) in [4.78, 5) is 0. The zero-order valence-corrected chi connectivity index (χ0v) is 19.8. The smallest absolute Gasteiger partial charge is 0.0696 e. The Balaban J connectivity index is 1.40. The van der Waals surface area contributed by atoms with Gasteiger partial charge in [-0.15, -0.1) is 0 Å². The van der Waals surface area contributed by atoms with E-state index in [1.807, 2.05) is 0 Å². The van der Waals surface area contributed by atoms with Crippen molar-refractivity contribution >= 4 is 21.8 Å². The van der Waals surface area contributed by atoms with Crippen LogP contribution in [0.2, 0.25) is 0 Å². The van der Waals surface area contributed by atoms with Crippen LogP contribution in [0.4, 0.5) is 0 Å². The molecule has 2 nitrogen and oxygen atoms in total. The van der Waals surface area contributed by atoms with Crippen molar-refractivity contribution in [3.05, 3.63) is 146 Å². The van der Waals surface area contributed by atoms with Crippen molar-refractivity contribution in [1.82, 2.24) is 9.13 Å². The fraction of sp³-hybridized carbons (Fsp3) is 0. The van der Waals surface area contributed by atoms with Gasteiger partial charge in [-0.3, -0.25) is 0 Å². The van der Waals surface area contributed by atoms with Gasteiger partial charge in [0, 0.05) is 12.4 Å². The van der Waals surface area contributed by atoms with Crippen LogP contribution in [0, 0.1) is 0 Å². The fourth-order valence-corrected chi connectivity index (χ4v) is 5.17. The van der Waals surface area contributed by atoms with E-state index in [1.165, 1.54) is 44.1 Å². The molecule has 36 heavy (non-hydrogen) atoms. The highest BCUT2D eigenvalue weighted by Gasteiger charge is 2.13. The van der Waals surface area contributed by atoms with E-state index >= 15 is 0 Å². The molecule has 2 heteroatoms. The molecule has 0 radical (unpaired) electrons. The normalized spacial score (nSPS) is 11.3. The van der Waals surface area contributed by atoms with Crippen LogP contribution < -0.4 is 0 Å². The van der Waals surface area contributed by atoms with Gasteiger partial charge in [-0.1, -0.05) is 97.1 Å². The lowest BCUT2D eigenvalue weighted by molar-refractivity contribution is 1.05. The molecule has 0 saturated carbocycles. The minimum atomic E-state index is 1.15. The number of hydrogen-bond acceptors (Lipinski definition) is 0. The first-order valence-corrected chi connectivity index (χ1v) is 12.3. The van der Waals surface area contributed by atoms with E-state index in [2.05, 4.69) is 155 Å². The summed E-state index contributed by atoms with van der Waals surface area (Å²) < 4.78 is 4.62. The summed E-state index contributed by atoms with van der Waals surface area (Å²) in [7, 11) is 0. The predicted molar refractivity (Wildman–Crippen MR) is 151 cm³/mol. The average molecular weight is 461 g/mol. The highest BCUT2D eigenvalue weighted by Crippen LogP contribution is 2.32. The highest BCUT2D eigenvalue weighted by atomic mass is 15.0. The monoisotopic (exact) mass is 460 g/mol. The van der Waals surface area contributed by atoms with Crippen LogP contribution in [-0.2, 0) is 0 Å². The van der Waals surface area contributed by atoms with Crippen molar-refractivity contribution in [3.63, 3.8) is 0 Å². The van der Waals surface area contributed by atoms with Gasteiger partial charge < -0.3 is 9.13 Å². The third-order valence-electron chi connectivity index (χ3n) is 7.00. The number of rotatable bonds is 4. The van der Waals surface area contributed by atoms with Gasteiger partial charge in [0.15, 0.2) is 0 Å². The first kappa shape index (κ1) is 20.5. The van der Waals surface area contributed by atoms with E-state index in [1.54, 1.807) is 0 Å². The van der Waals surface area contributed by atoms with Gasteiger partial charge in [0.1, 0.15) is 0 Å². The Kier molecular flexibility index (Phi) is 4.82. The van der Waals surface area contributed by atoms with Crippen molar-refractivity contribution in [3.8, 4) is 33.6 Å². The summed E-state index contributed by atoms with van der Waals surface area (Å²) in [5.74, 6) is 0. The van der Waals surface area contributed by atoms with Crippen LogP contribution in [0.3, 0.4) is 0 Å². The minimum Gasteiger partial charge on any atom is -0.314 e. The summed E-state index contributed by atoms with van der Waals surface area (Å²) in [6.45, 7) is 0. The molecule has 0 saturated heterocycles. The summed E-state index contributed by atoms with van der Waals surface area (Å²) >= 11 is 0. The zero-order chi connectivity index (χ0) is 23.9. The Morgan fingerprint density at radius 1 is 0.333 bits per heavy atom. The number of para-hydroxylation sites is 2. The second kappa shape index (κ2) is 8.44. The Morgan fingerprint density at radius 3 is 1.19 bits per heavy atom. The van der Waals surface area contributed by atoms with Crippen LogP contribution in [0.1, 0.15) is 0 Å². The fourth-order valence-electron chi connectivity index (χ4n) is 5.17. The van der Waals surface area contributed by atoms with Crippen LogP contribution >= 0.6 is 0 Å². The van der Waals surface area contributed by atoms with Gasteiger partial charge in [0.05, 0.1) is 22.4 Å². The number of nitrogens with zero attached hydrogens (tertiary/aromatic N) is 2. The van der Waals surface area contributed by atoms with Gasteiger partial charge in [0.25, 0.3) is 0 Å². The number of hydrogen-bond donors (Lipinski definition) is 0. The largest absolute Gasteiger partial charge is 0.314 e. The average Bonchev–Trinajstić information content (AvgIpc) is 3.57. The van der Waals surface area contributed by atoms with E-state index in [0.29, 0.717) is 0 Å². The highest BCUT2D eigenvalue weighted by molar-refractivity contribution is 5.89. The lowest BCUT2D eigenvalue weighted by Gasteiger charge is -2.15. The van der Waals surface area contributed by atoms with Crippen molar-refractivity contribution in [1.29, 1.82) is 0 Å². The molecule has 5 aromatic carbocycles. The molecule has 0 aliphatic rings. The third kappa shape index (κ3) is 3.43. The van der Waals surface area contributed by atoms with Crippen molar-refractivity contribution < 1.29 is 0 Å². The molecule has 0 bridgehead atoms. The quantitative estimate of drug-likeness (QED) is 0.248. The van der Waals surface area contributed by atoms with Crippen molar-refractivity contribution in [2.75, 3.05) is 0 Å². The molecular formula is C34H24N2. The Bertz CT molecular complexity index is 1690. The molecule has 2 heterocycles. The molecule has 0 aliphatic heterocycles. The second-order valence-electron chi connectivity index (χ2n) is 9.14. The zero-order valence-electron chi connectivity index (χ0n) is 19.8. The maximum Gasteiger partial charge on any atom is 0.0696 e. The summed E-state index contributed by atoms with van der Waals surface area (Å²) in [5.41, 5.74) is 9.60. The molecule has 7 rings (SSSR count). The number of fused-ring (bicyclic) bond motifs is 2. The van der Waals surface area contributed by atoms with E-state index in [4.69, 9.17) is 0 Å². The first-order chi connectivity index (χ1) is 17.8. The van der Waals surface area contributed by atoms with E-state index in [-0.39, 0.29) is 0 Å². The Morgan fingerprint density at radius 2 is 0.750 bits per heavy atom. The maximum absolute atomic E-state index is 2.31. The minimum absolute atomic E-state index is 1.15. The van der Waals surface area contributed by atoms with Crippen LogP contribution in [0.5, 0.6) is 0 Å². The van der Waals surface area contributed by atoms with Gasteiger partial charge in [0.2, 0.25) is 0 Å². The maximum atomic E-state index is 2.31. The topological polar surface area (TPSA) is 9.86 Å². The van der Waals surface area contributed by atoms with E-state index in [9.17, 15) is 0 Å². The Hall–Kier alpha value is -4.82. The second-order valence-corrected chi connectivity index (χ2v) is 9.14. The predicted octanol–water partition coefficient (Wildman–Crippen LogP) is 8.91. The molecule has 170 valence electrons. The molecule has 0 fully saturated rings. The van der Waals surface area contributed by atoms with Crippen molar-refractivity contribution in [2.45, 2.75) is 0 Å². The molecule has 2 aromatic heterocycles. The number of benzene rings is 5. The molecular weight excluding hydrogens is 436 g/mol. The lowest BCUT2D eigenvalue weighted by Crippen LogP contribution is -2.01. The summed E-state index contributed by atoms with van der Waals surface area (Å²) in [5, 5.41) is 2.46. The standard InChI is InChI=1S/C34H24N2/c1-3-9-25(10-4-1)29-17-15-27-19-21-35(33(27)23-29)31-13-7-8-14-32(31)36-22-20-28-16-18-30(24-34(28)36)26-11-5-2-6-12-26/h1-24H. The molecule has 0 spiro atoms. The molecule has 0 amide bonds. The molecule has 0 atom stereocenters. The first-order valence-electron chi connectivity index (χ1n) is 12.3. The molecule has 0 aliphatic carbocycles. The molecule has 7 aromatic rings. The molecule has 0 N–H and O–H groups in total. The van der Waals surface area contributed by atoms with Crippen LogP contribution in [-0.4, -0.2) is 9.13 Å². The van der Waals surface area contributed by atoms with Crippen LogP contribution in [0.25, 0.3) is 55.4 Å². The SMILES string of the molecule is c1ccc(-c2ccc3ccn(-c4ccccc4-n4ccc5ccc(-c6ccccc6)cc54)c3c2)cc1. The summed E-state index contributed by atoms with van der Waals surface area (Å²) in [6.07, 6.45) is 4.36. The van der Waals surface area contributed by atoms with E-state index in [0.717, 1.165) is 11.4 Å².